The van der Waals surface area contributed by atoms with Crippen LogP contribution in [-0.2, 0) is 10.0 Å². The SMILES string of the molecule is COc1ccc(C(=O)Nc2c(-c3cccs3)nc3cc(C)ccn23)cc1S(=O)(=O)N1CCCC1. The molecule has 10 heteroatoms. The van der Waals surface area contributed by atoms with Gasteiger partial charge in [-0.3, -0.25) is 9.20 Å². The molecular formula is C24H24N4O4S2. The molecule has 4 aromatic rings. The van der Waals surface area contributed by atoms with Gasteiger partial charge in [0, 0.05) is 24.8 Å². The van der Waals surface area contributed by atoms with Gasteiger partial charge in [0.2, 0.25) is 10.0 Å². The van der Waals surface area contributed by atoms with Crippen LogP contribution >= 0.6 is 11.3 Å². The van der Waals surface area contributed by atoms with Crippen LogP contribution in [0.15, 0.2) is 58.9 Å². The fourth-order valence-corrected chi connectivity index (χ4v) is 6.53. The van der Waals surface area contributed by atoms with Crippen molar-refractivity contribution in [2.24, 2.45) is 0 Å². The molecule has 1 N–H and O–H groups in total. The average Bonchev–Trinajstić information content (AvgIpc) is 3.60. The Morgan fingerprint density at radius 1 is 1.15 bits per heavy atom. The van der Waals surface area contributed by atoms with Gasteiger partial charge in [-0.25, -0.2) is 13.4 Å². The highest BCUT2D eigenvalue weighted by atomic mass is 32.2. The van der Waals surface area contributed by atoms with Crippen molar-refractivity contribution < 1.29 is 17.9 Å². The average molecular weight is 497 g/mol. The van der Waals surface area contributed by atoms with E-state index in [1.54, 1.807) is 6.07 Å². The van der Waals surface area contributed by atoms with E-state index in [0.29, 0.717) is 30.2 Å². The number of imidazole rings is 1. The Hall–Kier alpha value is -3.21. The summed E-state index contributed by atoms with van der Waals surface area (Å²) in [6.45, 7) is 2.91. The second-order valence-electron chi connectivity index (χ2n) is 8.15. The third-order valence-corrected chi connectivity index (χ3v) is 8.67. The standard InChI is InChI=1S/C24H24N4O4S2/c1-16-9-12-28-21(14-16)25-22(19-6-5-13-33-19)23(28)26-24(29)17-7-8-18(32-2)20(15-17)34(30,31)27-10-3-4-11-27/h5-9,12-15H,3-4,10-11H2,1-2H3,(H,26,29). The summed E-state index contributed by atoms with van der Waals surface area (Å²) in [7, 11) is -2.35. The van der Waals surface area contributed by atoms with Crippen LogP contribution < -0.4 is 10.1 Å². The molecule has 4 heterocycles. The molecule has 0 spiro atoms. The molecule has 176 valence electrons. The number of anilines is 1. The molecule has 0 saturated carbocycles. The number of hydrogen-bond donors (Lipinski definition) is 1. The lowest BCUT2D eigenvalue weighted by atomic mass is 10.2. The Morgan fingerprint density at radius 3 is 2.65 bits per heavy atom. The molecule has 1 aliphatic rings. The van der Waals surface area contributed by atoms with Crippen molar-refractivity contribution in [2.75, 3.05) is 25.5 Å². The van der Waals surface area contributed by atoms with Gasteiger partial charge in [0.15, 0.2) is 0 Å². The number of nitrogens with zero attached hydrogens (tertiary/aromatic N) is 3. The lowest BCUT2D eigenvalue weighted by Crippen LogP contribution is -2.28. The van der Waals surface area contributed by atoms with Gasteiger partial charge < -0.3 is 10.1 Å². The molecule has 0 unspecified atom stereocenters. The van der Waals surface area contributed by atoms with Gasteiger partial charge in [-0.2, -0.15) is 4.31 Å². The number of aryl methyl sites for hydroxylation is 1. The molecule has 0 bridgehead atoms. The molecule has 1 amide bonds. The Morgan fingerprint density at radius 2 is 1.94 bits per heavy atom. The van der Waals surface area contributed by atoms with E-state index in [2.05, 4.69) is 5.32 Å². The van der Waals surface area contributed by atoms with Crippen LogP contribution in [0.2, 0.25) is 0 Å². The van der Waals surface area contributed by atoms with Gasteiger partial charge in [0.1, 0.15) is 27.8 Å². The maximum atomic E-state index is 13.3. The van der Waals surface area contributed by atoms with Gasteiger partial charge in [0.25, 0.3) is 5.91 Å². The number of thiophene rings is 1. The number of pyridine rings is 1. The largest absolute Gasteiger partial charge is 0.495 e. The minimum absolute atomic E-state index is 0.00297. The van der Waals surface area contributed by atoms with Crippen LogP contribution in [0.3, 0.4) is 0 Å². The Balaban J connectivity index is 1.55. The van der Waals surface area contributed by atoms with E-state index in [4.69, 9.17) is 9.72 Å². The van der Waals surface area contributed by atoms with Crippen molar-refractivity contribution in [2.45, 2.75) is 24.7 Å². The fraction of sp³-hybridized carbons (Fsp3) is 0.250. The number of amides is 1. The highest BCUT2D eigenvalue weighted by molar-refractivity contribution is 7.89. The van der Waals surface area contributed by atoms with Crippen LogP contribution in [0.1, 0.15) is 28.8 Å². The molecule has 0 radical (unpaired) electrons. The molecule has 0 aliphatic carbocycles. The van der Waals surface area contributed by atoms with Crippen molar-refractivity contribution in [1.82, 2.24) is 13.7 Å². The van der Waals surface area contributed by atoms with Crippen molar-refractivity contribution in [3.8, 4) is 16.3 Å². The smallest absolute Gasteiger partial charge is 0.256 e. The molecule has 1 fully saturated rings. The molecule has 1 saturated heterocycles. The monoisotopic (exact) mass is 496 g/mol. The van der Waals surface area contributed by atoms with Gasteiger partial charge in [-0.05, 0) is 67.1 Å². The third kappa shape index (κ3) is 3.97. The Labute approximate surface area is 201 Å². The Bertz CT molecular complexity index is 1470. The van der Waals surface area contributed by atoms with E-state index in [1.165, 1.54) is 34.9 Å². The minimum atomic E-state index is -3.77. The van der Waals surface area contributed by atoms with E-state index >= 15 is 0 Å². The lowest BCUT2D eigenvalue weighted by Gasteiger charge is -2.18. The van der Waals surface area contributed by atoms with E-state index < -0.39 is 15.9 Å². The first-order valence-corrected chi connectivity index (χ1v) is 13.2. The number of sulfonamides is 1. The first-order chi connectivity index (χ1) is 16.4. The second-order valence-corrected chi connectivity index (χ2v) is 11.0. The zero-order valence-corrected chi connectivity index (χ0v) is 20.4. The second kappa shape index (κ2) is 8.86. The van der Waals surface area contributed by atoms with Gasteiger partial charge in [-0.1, -0.05) is 6.07 Å². The molecule has 1 aliphatic heterocycles. The zero-order valence-electron chi connectivity index (χ0n) is 18.8. The lowest BCUT2D eigenvalue weighted by molar-refractivity contribution is 0.102. The highest BCUT2D eigenvalue weighted by Gasteiger charge is 2.31. The summed E-state index contributed by atoms with van der Waals surface area (Å²) in [6, 6.07) is 12.2. The molecule has 3 aromatic heterocycles. The minimum Gasteiger partial charge on any atom is -0.495 e. The van der Waals surface area contributed by atoms with Crippen LogP contribution in [0.5, 0.6) is 5.75 Å². The first-order valence-electron chi connectivity index (χ1n) is 10.9. The number of benzene rings is 1. The molecule has 0 atom stereocenters. The summed E-state index contributed by atoms with van der Waals surface area (Å²) in [5.41, 5.74) is 2.65. The summed E-state index contributed by atoms with van der Waals surface area (Å²) in [5.74, 6) is 0.316. The van der Waals surface area contributed by atoms with Gasteiger partial charge in [-0.15, -0.1) is 11.3 Å². The number of carbonyl (C=O) groups excluding carboxylic acids is 1. The van der Waals surface area contributed by atoms with E-state index in [-0.39, 0.29) is 16.2 Å². The highest BCUT2D eigenvalue weighted by Crippen LogP contribution is 2.34. The molecule has 8 nitrogen and oxygen atoms in total. The molecule has 34 heavy (non-hydrogen) atoms. The summed E-state index contributed by atoms with van der Waals surface area (Å²) >= 11 is 1.53. The predicted octanol–water partition coefficient (Wildman–Crippen LogP) is 4.42. The number of methoxy groups -OCH3 is 1. The number of ether oxygens (including phenoxy) is 1. The Kier molecular flexibility index (Phi) is 5.88. The predicted molar refractivity (Wildman–Crippen MR) is 132 cm³/mol. The van der Waals surface area contributed by atoms with Crippen LogP contribution in [0, 0.1) is 6.92 Å². The number of fused-ring (bicyclic) bond motifs is 1. The normalized spacial score (nSPS) is 14.5. The third-order valence-electron chi connectivity index (χ3n) is 5.88. The quantitative estimate of drug-likeness (QED) is 0.427. The van der Waals surface area contributed by atoms with E-state index in [1.807, 2.05) is 47.2 Å². The van der Waals surface area contributed by atoms with Gasteiger partial charge in [0.05, 0.1) is 12.0 Å². The molecular weight excluding hydrogens is 472 g/mol. The summed E-state index contributed by atoms with van der Waals surface area (Å²) in [4.78, 5) is 19.0. The van der Waals surface area contributed by atoms with Crippen molar-refractivity contribution >= 4 is 38.7 Å². The van der Waals surface area contributed by atoms with E-state index in [0.717, 1.165) is 23.3 Å². The maximum Gasteiger partial charge on any atom is 0.256 e. The van der Waals surface area contributed by atoms with Crippen LogP contribution in [0.25, 0.3) is 16.2 Å². The maximum absolute atomic E-state index is 13.3. The number of hydrogen-bond acceptors (Lipinski definition) is 6. The van der Waals surface area contributed by atoms with Crippen LogP contribution in [0.4, 0.5) is 5.82 Å². The van der Waals surface area contributed by atoms with E-state index in [9.17, 15) is 13.2 Å². The molecule has 1 aromatic carbocycles. The van der Waals surface area contributed by atoms with Crippen LogP contribution in [-0.4, -0.2) is 48.2 Å². The first kappa shape index (κ1) is 22.6. The zero-order chi connectivity index (χ0) is 23.9. The van der Waals surface area contributed by atoms with Crippen molar-refractivity contribution in [1.29, 1.82) is 0 Å². The number of rotatable bonds is 6. The summed E-state index contributed by atoms with van der Waals surface area (Å²) in [5, 5.41) is 4.92. The number of aromatic nitrogens is 2. The molecule has 5 rings (SSSR count). The summed E-state index contributed by atoms with van der Waals surface area (Å²) in [6.07, 6.45) is 3.50. The van der Waals surface area contributed by atoms with Gasteiger partial charge >= 0.3 is 0 Å². The number of nitrogens with one attached hydrogen (secondary N) is 1. The number of carbonyl (C=O) groups is 1. The topological polar surface area (TPSA) is 93.0 Å². The van der Waals surface area contributed by atoms with Crippen molar-refractivity contribution in [3.63, 3.8) is 0 Å². The summed E-state index contributed by atoms with van der Waals surface area (Å²) < 4.78 is 35.0. The fourth-order valence-electron chi connectivity index (χ4n) is 4.12. The van der Waals surface area contributed by atoms with Crippen molar-refractivity contribution in [3.05, 3.63) is 65.2 Å².